The van der Waals surface area contributed by atoms with Gasteiger partial charge in [-0.15, -0.1) is 0 Å². The van der Waals surface area contributed by atoms with E-state index >= 15 is 0 Å². The molecule has 0 saturated carbocycles. The minimum Gasteiger partial charge on any atom is -0.426 e. The molecule has 0 unspecified atom stereocenters. The molecule has 2 heterocycles. The van der Waals surface area contributed by atoms with Gasteiger partial charge >= 0.3 is 5.97 Å². The summed E-state index contributed by atoms with van der Waals surface area (Å²) >= 11 is 0. The minimum absolute atomic E-state index is 0.0444. The van der Waals surface area contributed by atoms with Crippen LogP contribution in [0.25, 0.3) is 0 Å². The van der Waals surface area contributed by atoms with Crippen LogP contribution in [0.5, 0.6) is 0 Å². The maximum atomic E-state index is 11.7. The van der Waals surface area contributed by atoms with Gasteiger partial charge in [-0.1, -0.05) is 24.3 Å². The zero-order valence-electron chi connectivity index (χ0n) is 14.8. The Balaban J connectivity index is 1.79. The van der Waals surface area contributed by atoms with Gasteiger partial charge in [0.15, 0.2) is 6.29 Å². The van der Waals surface area contributed by atoms with Gasteiger partial charge in [0.1, 0.15) is 0 Å². The van der Waals surface area contributed by atoms with Crippen molar-refractivity contribution in [2.24, 2.45) is 0 Å². The van der Waals surface area contributed by atoms with Crippen molar-refractivity contribution in [1.29, 1.82) is 0 Å². The van der Waals surface area contributed by atoms with Crippen LogP contribution in [-0.4, -0.2) is 21.6 Å². The van der Waals surface area contributed by atoms with E-state index in [9.17, 15) is 25.0 Å². The highest BCUT2D eigenvalue weighted by Gasteiger charge is 2.49. The van der Waals surface area contributed by atoms with Gasteiger partial charge in [-0.05, 0) is 18.2 Å². The van der Waals surface area contributed by atoms with Crippen LogP contribution in [0.1, 0.15) is 29.9 Å². The average molecular weight is 398 g/mol. The third kappa shape index (κ3) is 3.46. The lowest BCUT2D eigenvalue weighted by Gasteiger charge is -2.40. The maximum Gasteiger partial charge on any atom is 0.333 e. The number of rotatable bonds is 4. The first-order chi connectivity index (χ1) is 13.9. The number of carbonyl (C=O) groups excluding carboxylic acids is 1. The van der Waals surface area contributed by atoms with E-state index in [1.54, 1.807) is 12.1 Å². The highest BCUT2D eigenvalue weighted by atomic mass is 16.8. The summed E-state index contributed by atoms with van der Waals surface area (Å²) in [5.74, 6) is -2.19. The molecule has 0 aliphatic carbocycles. The molecule has 2 aliphatic heterocycles. The number of nitro benzene ring substituents is 2. The lowest BCUT2D eigenvalue weighted by Crippen LogP contribution is -2.41. The fourth-order valence-electron chi connectivity index (χ4n) is 3.42. The van der Waals surface area contributed by atoms with Crippen LogP contribution in [0.2, 0.25) is 0 Å². The molecule has 0 N–H and O–H groups in total. The van der Waals surface area contributed by atoms with E-state index in [0.29, 0.717) is 0 Å². The van der Waals surface area contributed by atoms with Gasteiger partial charge in [0, 0.05) is 24.6 Å². The molecule has 0 amide bonds. The molecule has 1 fully saturated rings. The molecule has 1 spiro atoms. The number of carbonyl (C=O) groups is 1. The van der Waals surface area contributed by atoms with Crippen molar-refractivity contribution < 1.29 is 28.9 Å². The monoisotopic (exact) mass is 398 g/mol. The van der Waals surface area contributed by atoms with Gasteiger partial charge < -0.3 is 14.2 Å². The van der Waals surface area contributed by atoms with Gasteiger partial charge in [0.2, 0.25) is 5.79 Å². The number of esters is 1. The average Bonchev–Trinajstić information content (AvgIpc) is 3.06. The Morgan fingerprint density at radius 1 is 0.931 bits per heavy atom. The van der Waals surface area contributed by atoms with Crippen LogP contribution in [0.15, 0.2) is 60.7 Å². The molecule has 2 aromatic rings. The Bertz CT molecular complexity index is 969. The molecular formula is C19H14N2O8. The lowest BCUT2D eigenvalue weighted by molar-refractivity contribution is -0.393. The molecule has 0 aromatic heterocycles. The number of nitrogens with zero attached hydrogens (tertiary/aromatic N) is 2. The molecule has 10 nitrogen and oxygen atoms in total. The first-order valence-electron chi connectivity index (χ1n) is 8.61. The first-order valence-corrected chi connectivity index (χ1v) is 8.61. The second-order valence-corrected chi connectivity index (χ2v) is 6.48. The van der Waals surface area contributed by atoms with Crippen LogP contribution in [0.4, 0.5) is 11.4 Å². The van der Waals surface area contributed by atoms with Crippen molar-refractivity contribution in [3.05, 3.63) is 92.0 Å². The fourth-order valence-corrected chi connectivity index (χ4v) is 3.42. The molecule has 29 heavy (non-hydrogen) atoms. The SMILES string of the molecule is O=C1C=C[C@@]2(C[C@H](c3ccccc3[N+](=O)[O-])O[C@H](c3ccccc3[N+](=O)[O-])O2)O1. The first kappa shape index (κ1) is 18.7. The molecule has 148 valence electrons. The van der Waals surface area contributed by atoms with Crippen molar-refractivity contribution in [3.63, 3.8) is 0 Å². The van der Waals surface area contributed by atoms with Crippen molar-refractivity contribution >= 4 is 17.3 Å². The molecular weight excluding hydrogens is 384 g/mol. The molecule has 0 radical (unpaired) electrons. The van der Waals surface area contributed by atoms with Crippen LogP contribution in [0, 0.1) is 20.2 Å². The minimum atomic E-state index is -1.54. The van der Waals surface area contributed by atoms with Crippen molar-refractivity contribution in [2.75, 3.05) is 0 Å². The predicted molar refractivity (Wildman–Crippen MR) is 96.4 cm³/mol. The molecule has 4 rings (SSSR count). The quantitative estimate of drug-likeness (QED) is 0.434. The van der Waals surface area contributed by atoms with Crippen molar-refractivity contribution in [1.82, 2.24) is 0 Å². The van der Waals surface area contributed by atoms with Crippen LogP contribution in [0.3, 0.4) is 0 Å². The molecule has 0 bridgehead atoms. The number of para-hydroxylation sites is 2. The van der Waals surface area contributed by atoms with E-state index < -0.39 is 34.0 Å². The van der Waals surface area contributed by atoms with E-state index in [1.165, 1.54) is 48.6 Å². The Morgan fingerprint density at radius 3 is 2.10 bits per heavy atom. The molecule has 2 aromatic carbocycles. The summed E-state index contributed by atoms with van der Waals surface area (Å²) in [5, 5.41) is 22.9. The number of hydrogen-bond donors (Lipinski definition) is 0. The summed E-state index contributed by atoms with van der Waals surface area (Å²) in [6.07, 6.45) is 0.327. The van der Waals surface area contributed by atoms with Crippen LogP contribution >= 0.6 is 0 Å². The second kappa shape index (κ2) is 7.08. The highest BCUT2D eigenvalue weighted by molar-refractivity contribution is 5.85. The van der Waals surface area contributed by atoms with E-state index in [-0.39, 0.29) is 28.9 Å². The molecule has 10 heteroatoms. The van der Waals surface area contributed by atoms with E-state index in [0.717, 1.165) is 0 Å². The predicted octanol–water partition coefficient (Wildman–Crippen LogP) is 3.49. The zero-order valence-corrected chi connectivity index (χ0v) is 14.8. The highest BCUT2D eigenvalue weighted by Crippen LogP contribution is 2.48. The van der Waals surface area contributed by atoms with Crippen LogP contribution < -0.4 is 0 Å². The third-order valence-electron chi connectivity index (χ3n) is 4.68. The molecule has 3 atom stereocenters. The summed E-state index contributed by atoms with van der Waals surface area (Å²) in [6, 6.07) is 11.8. The van der Waals surface area contributed by atoms with Crippen molar-refractivity contribution in [2.45, 2.75) is 24.6 Å². The summed E-state index contributed by atoms with van der Waals surface area (Å²) < 4.78 is 17.0. The summed E-state index contributed by atoms with van der Waals surface area (Å²) in [7, 11) is 0. The molecule has 1 saturated heterocycles. The van der Waals surface area contributed by atoms with Crippen molar-refractivity contribution in [3.8, 4) is 0 Å². The second-order valence-electron chi connectivity index (χ2n) is 6.48. The van der Waals surface area contributed by atoms with E-state index in [2.05, 4.69) is 0 Å². The summed E-state index contributed by atoms with van der Waals surface area (Å²) in [6.45, 7) is 0. The Labute approximate surface area is 163 Å². The Kier molecular flexibility index (Phi) is 4.57. The zero-order chi connectivity index (χ0) is 20.6. The van der Waals surface area contributed by atoms with Gasteiger partial charge in [-0.25, -0.2) is 4.79 Å². The number of nitro groups is 2. The summed E-state index contributed by atoms with van der Waals surface area (Å²) in [4.78, 5) is 33.5. The number of benzene rings is 2. The van der Waals surface area contributed by atoms with Crippen LogP contribution in [-0.2, 0) is 19.0 Å². The molecule has 2 aliphatic rings. The largest absolute Gasteiger partial charge is 0.426 e. The Morgan fingerprint density at radius 2 is 1.52 bits per heavy atom. The van der Waals surface area contributed by atoms with Gasteiger partial charge in [0.05, 0.1) is 27.1 Å². The van der Waals surface area contributed by atoms with Gasteiger partial charge in [-0.3, -0.25) is 20.2 Å². The lowest BCUT2D eigenvalue weighted by atomic mass is 9.97. The van der Waals surface area contributed by atoms with E-state index in [4.69, 9.17) is 14.2 Å². The summed E-state index contributed by atoms with van der Waals surface area (Å²) in [5.41, 5.74) is -0.0649. The topological polar surface area (TPSA) is 131 Å². The third-order valence-corrected chi connectivity index (χ3v) is 4.68. The smallest absolute Gasteiger partial charge is 0.333 e. The number of ether oxygens (including phenoxy) is 3. The standard InChI is InChI=1S/C19H14N2O8/c22-17-9-10-19(28-17)11-16(12-5-1-3-7-14(12)20(23)24)27-18(29-19)13-6-2-4-8-15(13)21(25)26/h1-10,16,18H,11H2/t16-,18+,19-/m1/s1. The normalized spacial score (nSPS) is 25.7. The van der Waals surface area contributed by atoms with E-state index in [1.807, 2.05) is 0 Å². The fraction of sp³-hybridized carbons (Fsp3) is 0.211. The maximum absolute atomic E-state index is 11.7. The Hall–Kier alpha value is -3.63. The number of hydrogen-bond acceptors (Lipinski definition) is 8. The van der Waals surface area contributed by atoms with Gasteiger partial charge in [0.25, 0.3) is 11.4 Å². The van der Waals surface area contributed by atoms with Gasteiger partial charge in [-0.2, -0.15) is 0 Å².